The molecule has 3 heterocycles. The molecule has 20 heavy (non-hydrogen) atoms. The van der Waals surface area contributed by atoms with Gasteiger partial charge in [0.25, 0.3) is 0 Å². The molecule has 2 aromatic heterocycles. The first-order chi connectivity index (χ1) is 9.44. The van der Waals surface area contributed by atoms with Crippen LogP contribution in [0.4, 0.5) is 9.70 Å². The number of nitrogens with zero attached hydrogens (tertiary/aromatic N) is 4. The quantitative estimate of drug-likeness (QED) is 0.799. The van der Waals surface area contributed by atoms with E-state index in [0.29, 0.717) is 17.0 Å². The van der Waals surface area contributed by atoms with Gasteiger partial charge in [-0.2, -0.15) is 8.42 Å². The molecule has 0 radical (unpaired) electrons. The molecule has 106 valence electrons. The smallest absolute Gasteiger partial charge is 0.302 e. The molecule has 8 nitrogen and oxygen atoms in total. The number of imidazole rings is 1. The van der Waals surface area contributed by atoms with Crippen molar-refractivity contribution >= 4 is 33.1 Å². The number of rotatable bonds is 3. The van der Waals surface area contributed by atoms with Crippen molar-refractivity contribution in [2.24, 2.45) is 5.92 Å². The van der Waals surface area contributed by atoms with Gasteiger partial charge in [-0.3, -0.25) is 9.69 Å². The van der Waals surface area contributed by atoms with Crippen LogP contribution in [-0.4, -0.2) is 46.6 Å². The van der Waals surface area contributed by atoms with Crippen LogP contribution in [0, 0.1) is 5.92 Å². The summed E-state index contributed by atoms with van der Waals surface area (Å²) in [5.74, 6) is -1.21. The van der Waals surface area contributed by atoms with Gasteiger partial charge in [-0.1, -0.05) is 0 Å². The minimum absolute atomic E-state index is 0.0250. The van der Waals surface area contributed by atoms with E-state index in [0.717, 1.165) is 0 Å². The molecule has 2 aromatic rings. The molecule has 1 N–H and O–H groups in total. The van der Waals surface area contributed by atoms with E-state index < -0.39 is 21.9 Å². The van der Waals surface area contributed by atoms with E-state index in [1.807, 2.05) is 0 Å². The second kappa shape index (κ2) is 4.47. The van der Waals surface area contributed by atoms with Crippen molar-refractivity contribution in [3.05, 3.63) is 12.7 Å². The Kier molecular flexibility index (Phi) is 2.89. The lowest BCUT2D eigenvalue weighted by molar-refractivity contribution is -0.117. The van der Waals surface area contributed by atoms with Crippen LogP contribution in [0.25, 0.3) is 11.2 Å². The van der Waals surface area contributed by atoms with E-state index in [1.165, 1.54) is 17.6 Å². The number of hydrogen-bond donors (Lipinski definition) is 1. The third-order valence-corrected chi connectivity index (χ3v) is 3.97. The summed E-state index contributed by atoms with van der Waals surface area (Å²) in [5, 5.41) is 0. The van der Waals surface area contributed by atoms with Crippen LogP contribution in [0.1, 0.15) is 6.42 Å². The fraction of sp³-hybridized carbons (Fsp3) is 0.400. The van der Waals surface area contributed by atoms with Gasteiger partial charge in [0.05, 0.1) is 12.1 Å². The van der Waals surface area contributed by atoms with Crippen LogP contribution in [-0.2, 0) is 15.0 Å². The first kappa shape index (κ1) is 12.9. The second-order valence-corrected chi connectivity index (χ2v) is 5.99. The maximum Gasteiger partial charge on any atom is 0.302 e. The highest BCUT2D eigenvalue weighted by Crippen LogP contribution is 2.28. The van der Waals surface area contributed by atoms with Crippen molar-refractivity contribution in [1.82, 2.24) is 19.9 Å². The Balaban J connectivity index is 1.91. The molecule has 1 aliphatic rings. The molecule has 1 saturated heterocycles. The lowest BCUT2D eigenvalue weighted by Gasteiger charge is -2.15. The minimum atomic E-state index is -4.60. The van der Waals surface area contributed by atoms with E-state index in [9.17, 15) is 17.1 Å². The number of anilines is 1. The summed E-state index contributed by atoms with van der Waals surface area (Å²) in [4.78, 5) is 28.0. The van der Waals surface area contributed by atoms with Crippen LogP contribution < -0.4 is 4.90 Å². The molecule has 1 atom stereocenters. The number of H-pyrrole nitrogens is 1. The molecule has 0 saturated carbocycles. The molecule has 0 aromatic carbocycles. The lowest BCUT2D eigenvalue weighted by Crippen LogP contribution is -2.26. The van der Waals surface area contributed by atoms with Crippen LogP contribution >= 0.6 is 0 Å². The molecule has 1 aliphatic heterocycles. The number of carbonyl (C=O) groups is 1. The molecule has 1 unspecified atom stereocenters. The predicted octanol–water partition coefficient (Wildman–Crippen LogP) is 0.00510. The Morgan fingerprint density at radius 2 is 2.20 bits per heavy atom. The SMILES string of the molecule is O=C1CC(CS(=O)(=O)F)CN1c1ncnc2nc[nH]c12. The minimum Gasteiger partial charge on any atom is -0.340 e. The van der Waals surface area contributed by atoms with Crippen LogP contribution in [0.15, 0.2) is 12.7 Å². The third kappa shape index (κ3) is 2.33. The van der Waals surface area contributed by atoms with Gasteiger partial charge in [0.2, 0.25) is 5.91 Å². The second-order valence-electron chi connectivity index (χ2n) is 4.58. The Labute approximate surface area is 113 Å². The number of carbonyl (C=O) groups excluding carboxylic acids is 1. The van der Waals surface area contributed by atoms with Gasteiger partial charge in [0.15, 0.2) is 11.5 Å². The number of hydrogen-bond acceptors (Lipinski definition) is 6. The summed E-state index contributed by atoms with van der Waals surface area (Å²) >= 11 is 0. The molecule has 10 heteroatoms. The van der Waals surface area contributed by atoms with Gasteiger partial charge >= 0.3 is 10.2 Å². The van der Waals surface area contributed by atoms with Gasteiger partial charge in [0, 0.05) is 18.9 Å². The first-order valence-corrected chi connectivity index (χ1v) is 7.36. The van der Waals surface area contributed by atoms with Gasteiger partial charge in [-0.15, -0.1) is 3.89 Å². The van der Waals surface area contributed by atoms with Crippen LogP contribution in [0.2, 0.25) is 0 Å². The van der Waals surface area contributed by atoms with Crippen molar-refractivity contribution in [2.45, 2.75) is 6.42 Å². The van der Waals surface area contributed by atoms with Gasteiger partial charge in [0.1, 0.15) is 11.8 Å². The Hall–Kier alpha value is -2.10. The Morgan fingerprint density at radius 1 is 1.40 bits per heavy atom. The molecule has 0 bridgehead atoms. The lowest BCUT2D eigenvalue weighted by atomic mass is 10.1. The van der Waals surface area contributed by atoms with Crippen molar-refractivity contribution in [3.8, 4) is 0 Å². The number of fused-ring (bicyclic) bond motifs is 1. The molecule has 1 fully saturated rings. The standard InChI is InChI=1S/C10H10FN5O3S/c11-20(18,19)3-6-1-7(17)16(2-6)10-8-9(13-4-12-8)14-5-15-10/h4-6H,1-3H2,(H,12,13,14,15). The van der Waals surface area contributed by atoms with E-state index in [-0.39, 0.29) is 18.9 Å². The zero-order valence-corrected chi connectivity index (χ0v) is 11.0. The fourth-order valence-electron chi connectivity index (χ4n) is 2.34. The summed E-state index contributed by atoms with van der Waals surface area (Å²) < 4.78 is 34.0. The van der Waals surface area contributed by atoms with Crippen LogP contribution in [0.3, 0.4) is 0 Å². The average molecular weight is 299 g/mol. The van der Waals surface area contributed by atoms with Gasteiger partial charge < -0.3 is 4.98 Å². The summed E-state index contributed by atoms with van der Waals surface area (Å²) in [6.45, 7) is 0.104. The van der Waals surface area contributed by atoms with E-state index in [2.05, 4.69) is 19.9 Å². The topological polar surface area (TPSA) is 109 Å². The number of amides is 1. The Morgan fingerprint density at radius 3 is 2.95 bits per heavy atom. The number of aromatic amines is 1. The number of aromatic nitrogens is 4. The maximum atomic E-state index is 12.7. The van der Waals surface area contributed by atoms with Gasteiger partial charge in [-0.25, -0.2) is 15.0 Å². The largest absolute Gasteiger partial charge is 0.340 e. The summed E-state index contributed by atoms with van der Waals surface area (Å²) in [7, 11) is -4.60. The van der Waals surface area contributed by atoms with E-state index in [1.54, 1.807) is 0 Å². The first-order valence-electron chi connectivity index (χ1n) is 5.81. The van der Waals surface area contributed by atoms with Crippen LogP contribution in [0.5, 0.6) is 0 Å². The van der Waals surface area contributed by atoms with Crippen molar-refractivity contribution in [2.75, 3.05) is 17.2 Å². The highest BCUT2D eigenvalue weighted by Gasteiger charge is 2.35. The summed E-state index contributed by atoms with van der Waals surface area (Å²) in [6, 6.07) is 0. The highest BCUT2D eigenvalue weighted by atomic mass is 32.3. The van der Waals surface area contributed by atoms with E-state index in [4.69, 9.17) is 0 Å². The molecule has 1 amide bonds. The normalized spacial score (nSPS) is 19.9. The number of halogens is 1. The van der Waals surface area contributed by atoms with Crippen molar-refractivity contribution in [1.29, 1.82) is 0 Å². The average Bonchev–Trinajstić information content (AvgIpc) is 2.93. The fourth-order valence-corrected chi connectivity index (χ4v) is 3.12. The predicted molar refractivity (Wildman–Crippen MR) is 67.0 cm³/mol. The third-order valence-electron chi connectivity index (χ3n) is 3.10. The highest BCUT2D eigenvalue weighted by molar-refractivity contribution is 7.86. The molecule has 0 aliphatic carbocycles. The van der Waals surface area contributed by atoms with Crippen molar-refractivity contribution in [3.63, 3.8) is 0 Å². The Bertz CT molecular complexity index is 774. The summed E-state index contributed by atoms with van der Waals surface area (Å²) in [5.41, 5.74) is 0.897. The molecule has 0 spiro atoms. The molecular formula is C10H10FN5O3S. The maximum absolute atomic E-state index is 12.7. The molecule has 3 rings (SSSR count). The summed E-state index contributed by atoms with van der Waals surface area (Å²) in [6.07, 6.45) is 2.67. The zero-order chi connectivity index (χ0) is 14.3. The van der Waals surface area contributed by atoms with Gasteiger partial charge in [-0.05, 0) is 0 Å². The monoisotopic (exact) mass is 299 g/mol. The molecular weight excluding hydrogens is 289 g/mol. The van der Waals surface area contributed by atoms with E-state index >= 15 is 0 Å². The zero-order valence-electron chi connectivity index (χ0n) is 10.2. The number of nitrogens with one attached hydrogen (secondary N) is 1. The van der Waals surface area contributed by atoms with Crippen molar-refractivity contribution < 1.29 is 17.1 Å².